The Morgan fingerprint density at radius 2 is 2.03 bits per heavy atom. The molecule has 0 amide bonds. The number of ether oxygens (including phenoxy) is 1. The van der Waals surface area contributed by atoms with E-state index in [-0.39, 0.29) is 35.7 Å². The summed E-state index contributed by atoms with van der Waals surface area (Å²) in [5.74, 6) is 3.56. The zero-order chi connectivity index (χ0) is 25.0. The average Bonchev–Trinajstić information content (AvgIpc) is 3.04. The SMILES string of the molecule is Cn1cc(S(N)(=O)=O)c(OCC[C@@H](O)C#CC(C)(C)F)c1C(O)Nc1ccc(F)c(C#N)c1. The normalized spacial score (nSPS) is 13.4. The Bertz CT molecular complexity index is 1220. The van der Waals surface area contributed by atoms with E-state index in [1.54, 1.807) is 6.07 Å². The molecule has 2 rings (SSSR count). The molecule has 2 atom stereocenters. The summed E-state index contributed by atoms with van der Waals surface area (Å²) >= 11 is 0. The predicted octanol–water partition coefficient (Wildman–Crippen LogP) is 1.67. The van der Waals surface area contributed by atoms with Gasteiger partial charge < -0.3 is 24.8 Å². The van der Waals surface area contributed by atoms with Crippen LogP contribution in [0.3, 0.4) is 0 Å². The number of sulfonamides is 1. The number of anilines is 1. The molecule has 0 radical (unpaired) electrons. The first kappa shape index (κ1) is 26.1. The van der Waals surface area contributed by atoms with Crippen LogP contribution in [0.4, 0.5) is 14.5 Å². The lowest BCUT2D eigenvalue weighted by molar-refractivity contribution is 0.171. The number of hydrogen-bond donors (Lipinski definition) is 4. The Labute approximate surface area is 190 Å². The van der Waals surface area contributed by atoms with Crippen molar-refractivity contribution in [1.29, 1.82) is 5.26 Å². The Morgan fingerprint density at radius 1 is 1.36 bits per heavy atom. The van der Waals surface area contributed by atoms with Crippen LogP contribution in [-0.4, -0.2) is 41.6 Å². The van der Waals surface area contributed by atoms with Gasteiger partial charge in [-0.25, -0.2) is 22.3 Å². The van der Waals surface area contributed by atoms with Crippen molar-refractivity contribution in [2.75, 3.05) is 11.9 Å². The van der Waals surface area contributed by atoms with Crippen LogP contribution in [0.1, 0.15) is 37.8 Å². The molecule has 178 valence electrons. The van der Waals surface area contributed by atoms with Gasteiger partial charge in [0.1, 0.15) is 28.6 Å². The molecule has 0 spiro atoms. The van der Waals surface area contributed by atoms with Crippen LogP contribution >= 0.6 is 0 Å². The number of benzene rings is 1. The third-order valence-electron chi connectivity index (χ3n) is 4.28. The minimum Gasteiger partial charge on any atom is -0.490 e. The Kier molecular flexibility index (Phi) is 8.06. The van der Waals surface area contributed by atoms with Crippen molar-refractivity contribution in [3.05, 3.63) is 41.5 Å². The number of hydrogen-bond acceptors (Lipinski definition) is 7. The number of aromatic nitrogens is 1. The van der Waals surface area contributed by atoms with E-state index < -0.39 is 38.7 Å². The maximum absolute atomic E-state index is 13.5. The van der Waals surface area contributed by atoms with Crippen LogP contribution in [0.5, 0.6) is 5.75 Å². The van der Waals surface area contributed by atoms with Crippen molar-refractivity contribution in [1.82, 2.24) is 4.57 Å². The predicted molar refractivity (Wildman–Crippen MR) is 116 cm³/mol. The van der Waals surface area contributed by atoms with Gasteiger partial charge >= 0.3 is 0 Å². The number of alkyl halides is 1. The van der Waals surface area contributed by atoms with E-state index in [4.69, 9.17) is 15.1 Å². The molecule has 1 heterocycles. The molecule has 12 heteroatoms. The highest BCUT2D eigenvalue weighted by molar-refractivity contribution is 7.89. The number of aliphatic hydroxyl groups excluding tert-OH is 2. The van der Waals surface area contributed by atoms with Gasteiger partial charge in [-0.2, -0.15) is 5.26 Å². The van der Waals surface area contributed by atoms with Gasteiger partial charge in [-0.15, -0.1) is 0 Å². The topological polar surface area (TPSA) is 151 Å². The fraction of sp³-hybridized carbons (Fsp3) is 0.381. The molecule has 9 nitrogen and oxygen atoms in total. The molecule has 0 saturated heterocycles. The molecule has 1 unspecified atom stereocenters. The fourth-order valence-electron chi connectivity index (χ4n) is 2.78. The summed E-state index contributed by atoms with van der Waals surface area (Å²) in [6.45, 7) is 2.23. The largest absolute Gasteiger partial charge is 0.490 e. The maximum atomic E-state index is 13.5. The molecule has 33 heavy (non-hydrogen) atoms. The van der Waals surface area contributed by atoms with Crippen LogP contribution in [0, 0.1) is 29.0 Å². The molecular formula is C21H24F2N4O5S. The molecule has 0 aliphatic carbocycles. The number of halogens is 2. The van der Waals surface area contributed by atoms with Gasteiger partial charge in [0.15, 0.2) is 17.6 Å². The summed E-state index contributed by atoms with van der Waals surface area (Å²) in [6, 6.07) is 5.16. The van der Waals surface area contributed by atoms with E-state index in [0.29, 0.717) is 0 Å². The number of aryl methyl sites for hydroxylation is 1. The molecule has 0 aliphatic rings. The van der Waals surface area contributed by atoms with Crippen molar-refractivity contribution in [2.45, 2.75) is 43.2 Å². The van der Waals surface area contributed by atoms with E-state index in [1.807, 2.05) is 0 Å². The number of primary sulfonamides is 1. The van der Waals surface area contributed by atoms with Crippen molar-refractivity contribution in [3.63, 3.8) is 0 Å². The van der Waals surface area contributed by atoms with Crippen LogP contribution in [-0.2, 0) is 17.1 Å². The van der Waals surface area contributed by atoms with Crippen LogP contribution in [0.2, 0.25) is 0 Å². The van der Waals surface area contributed by atoms with Crippen LogP contribution < -0.4 is 15.2 Å². The first-order chi connectivity index (χ1) is 15.2. The molecule has 2 aromatic rings. The standard InChI is InChI=1S/C21H24F2N4O5S/c1-21(2,23)8-6-15(28)7-9-32-19-17(33(25,30)31)12-27(3)18(19)20(29)26-14-4-5-16(22)13(10-14)11-24/h4-5,10,12,15,20,26,28-29H,7,9H2,1-3H3,(H2,25,30,31)/t15-,20?/m0/s1. The minimum absolute atomic E-state index is 0.0349. The lowest BCUT2D eigenvalue weighted by Crippen LogP contribution is -2.18. The van der Waals surface area contributed by atoms with Crippen molar-refractivity contribution in [3.8, 4) is 23.7 Å². The van der Waals surface area contributed by atoms with Gasteiger partial charge in [0.25, 0.3) is 0 Å². The van der Waals surface area contributed by atoms with Gasteiger partial charge in [0, 0.05) is 25.4 Å². The number of aliphatic hydroxyl groups is 2. The Morgan fingerprint density at radius 3 is 2.61 bits per heavy atom. The molecule has 0 aliphatic heterocycles. The van der Waals surface area contributed by atoms with Crippen molar-refractivity contribution < 1.29 is 32.1 Å². The van der Waals surface area contributed by atoms with Gasteiger partial charge in [-0.05, 0) is 32.0 Å². The van der Waals surface area contributed by atoms with E-state index >= 15 is 0 Å². The molecule has 0 bridgehead atoms. The number of rotatable bonds is 8. The first-order valence-electron chi connectivity index (χ1n) is 9.61. The lowest BCUT2D eigenvalue weighted by Gasteiger charge is -2.18. The molecule has 1 aromatic heterocycles. The van der Waals surface area contributed by atoms with Gasteiger partial charge in [-0.3, -0.25) is 0 Å². The smallest absolute Gasteiger partial charge is 0.243 e. The number of nitrogens with two attached hydrogens (primary N) is 1. The first-order valence-corrected chi connectivity index (χ1v) is 11.2. The monoisotopic (exact) mass is 482 g/mol. The maximum Gasteiger partial charge on any atom is 0.243 e. The molecular weight excluding hydrogens is 458 g/mol. The van der Waals surface area contributed by atoms with E-state index in [2.05, 4.69) is 17.2 Å². The van der Waals surface area contributed by atoms with Crippen molar-refractivity contribution >= 4 is 15.7 Å². The summed E-state index contributed by atoms with van der Waals surface area (Å²) in [4.78, 5) is -0.414. The highest BCUT2D eigenvalue weighted by Crippen LogP contribution is 2.34. The van der Waals surface area contributed by atoms with Crippen LogP contribution in [0.15, 0.2) is 29.3 Å². The molecule has 1 aromatic carbocycles. The summed E-state index contributed by atoms with van der Waals surface area (Å²) in [7, 11) is -2.81. The number of nitriles is 1. The second-order valence-corrected chi connectivity index (χ2v) is 9.14. The van der Waals surface area contributed by atoms with E-state index in [1.165, 1.54) is 37.6 Å². The highest BCUT2D eigenvalue weighted by Gasteiger charge is 2.28. The summed E-state index contributed by atoms with van der Waals surface area (Å²) in [5.41, 5.74) is -1.90. The van der Waals surface area contributed by atoms with Crippen molar-refractivity contribution in [2.24, 2.45) is 12.2 Å². The van der Waals surface area contributed by atoms with Crippen LogP contribution in [0.25, 0.3) is 0 Å². The number of nitrogens with zero attached hydrogens (tertiary/aromatic N) is 2. The Balaban J connectivity index is 2.30. The molecule has 0 fully saturated rings. The average molecular weight is 483 g/mol. The zero-order valence-corrected chi connectivity index (χ0v) is 18.9. The summed E-state index contributed by atoms with van der Waals surface area (Å²) in [6.07, 6.45) is -1.74. The van der Waals surface area contributed by atoms with E-state index in [0.717, 1.165) is 12.3 Å². The third-order valence-corrected chi connectivity index (χ3v) is 5.18. The second kappa shape index (κ2) is 10.2. The Hall–Kier alpha value is -3.16. The quantitative estimate of drug-likeness (QED) is 0.330. The third kappa shape index (κ3) is 7.17. The number of nitrogens with one attached hydrogen (secondary N) is 1. The summed E-state index contributed by atoms with van der Waals surface area (Å²) < 4.78 is 57.8. The lowest BCUT2D eigenvalue weighted by atomic mass is 10.1. The molecule has 5 N–H and O–H groups in total. The highest BCUT2D eigenvalue weighted by atomic mass is 32.2. The molecule has 0 saturated carbocycles. The minimum atomic E-state index is -4.26. The van der Waals surface area contributed by atoms with E-state index in [9.17, 15) is 27.4 Å². The van der Waals surface area contributed by atoms with Gasteiger partial charge in [0.2, 0.25) is 10.0 Å². The summed E-state index contributed by atoms with van der Waals surface area (Å²) in [5, 5.41) is 37.4. The zero-order valence-electron chi connectivity index (χ0n) is 18.1. The van der Waals surface area contributed by atoms with Gasteiger partial charge in [0.05, 0.1) is 12.2 Å². The fourth-order valence-corrected chi connectivity index (χ4v) is 3.51. The van der Waals surface area contributed by atoms with Gasteiger partial charge in [-0.1, -0.05) is 11.8 Å². The second-order valence-electron chi connectivity index (χ2n) is 7.61.